The van der Waals surface area contributed by atoms with Gasteiger partial charge < -0.3 is 10.2 Å². The average Bonchev–Trinajstić information content (AvgIpc) is 3.15. The first-order valence-electron chi connectivity index (χ1n) is 7.20. The summed E-state index contributed by atoms with van der Waals surface area (Å²) in [6, 6.07) is 2.92. The molecule has 1 heterocycles. The molecular weight excluding hydrogens is 222 g/mol. The average molecular weight is 245 g/mol. The monoisotopic (exact) mass is 245 g/mol. The Balaban J connectivity index is 1.64. The summed E-state index contributed by atoms with van der Waals surface area (Å²) < 4.78 is 0. The summed E-state index contributed by atoms with van der Waals surface area (Å²) in [6.07, 6.45) is 10.8. The molecule has 98 valence electrons. The van der Waals surface area contributed by atoms with Crippen molar-refractivity contribution < 1.29 is 0 Å². The van der Waals surface area contributed by atoms with Crippen LogP contribution in [0, 0.1) is 5.92 Å². The molecule has 0 aromatic carbocycles. The summed E-state index contributed by atoms with van der Waals surface area (Å²) in [5.74, 6) is 0.902. The van der Waals surface area contributed by atoms with E-state index in [1.807, 2.05) is 12.4 Å². The van der Waals surface area contributed by atoms with Crippen LogP contribution in [0.4, 0.5) is 5.69 Å². The van der Waals surface area contributed by atoms with E-state index in [1.54, 1.807) is 0 Å². The van der Waals surface area contributed by atoms with Gasteiger partial charge >= 0.3 is 0 Å². The van der Waals surface area contributed by atoms with E-state index in [-0.39, 0.29) is 0 Å². The molecule has 0 aliphatic heterocycles. The van der Waals surface area contributed by atoms with Crippen LogP contribution in [-0.4, -0.2) is 24.6 Å². The maximum absolute atomic E-state index is 4.29. The van der Waals surface area contributed by atoms with E-state index in [9.17, 15) is 0 Å². The Hall–Kier alpha value is -1.09. The Morgan fingerprint density at radius 2 is 2.17 bits per heavy atom. The maximum atomic E-state index is 4.29. The quantitative estimate of drug-likeness (QED) is 0.835. The van der Waals surface area contributed by atoms with Gasteiger partial charge in [-0.1, -0.05) is 6.42 Å². The smallest absolute Gasteiger partial charge is 0.0595 e. The van der Waals surface area contributed by atoms with Gasteiger partial charge in [-0.3, -0.25) is 4.98 Å². The van der Waals surface area contributed by atoms with Crippen molar-refractivity contribution in [1.82, 2.24) is 10.3 Å². The molecule has 0 spiro atoms. The van der Waals surface area contributed by atoms with E-state index in [1.165, 1.54) is 49.9 Å². The summed E-state index contributed by atoms with van der Waals surface area (Å²) in [5.41, 5.74) is 2.69. The van der Waals surface area contributed by atoms with Gasteiger partial charge in [0, 0.05) is 32.4 Å². The highest BCUT2D eigenvalue weighted by atomic mass is 15.1. The molecule has 0 bridgehead atoms. The standard InChI is InChI=1S/C15H23N3/c1-18(11-12-3-2-4-12)15-10-16-8-7-13(15)9-17-14-5-6-14/h7-8,10,12,14,17H,2-6,9,11H2,1H3. The van der Waals surface area contributed by atoms with E-state index in [0.29, 0.717) is 0 Å². The highest BCUT2D eigenvalue weighted by Crippen LogP contribution is 2.29. The van der Waals surface area contributed by atoms with E-state index in [4.69, 9.17) is 0 Å². The Morgan fingerprint density at radius 1 is 1.33 bits per heavy atom. The van der Waals surface area contributed by atoms with Crippen molar-refractivity contribution in [2.24, 2.45) is 5.92 Å². The molecule has 18 heavy (non-hydrogen) atoms. The summed E-state index contributed by atoms with van der Waals surface area (Å²) in [5, 5.41) is 3.59. The Morgan fingerprint density at radius 3 is 2.83 bits per heavy atom. The second-order valence-electron chi connectivity index (χ2n) is 5.84. The third kappa shape index (κ3) is 2.83. The molecule has 0 amide bonds. The molecule has 3 nitrogen and oxygen atoms in total. The fourth-order valence-electron chi connectivity index (χ4n) is 2.61. The minimum atomic E-state index is 0.767. The van der Waals surface area contributed by atoms with Crippen molar-refractivity contribution in [3.8, 4) is 0 Å². The number of anilines is 1. The van der Waals surface area contributed by atoms with Crippen LogP contribution in [0.15, 0.2) is 18.5 Å². The Bertz CT molecular complexity index is 396. The fraction of sp³-hybridized carbons (Fsp3) is 0.667. The third-order valence-electron chi connectivity index (χ3n) is 4.21. The van der Waals surface area contributed by atoms with Crippen LogP contribution in [0.3, 0.4) is 0 Å². The maximum Gasteiger partial charge on any atom is 0.0595 e. The van der Waals surface area contributed by atoms with Gasteiger partial charge in [0.15, 0.2) is 0 Å². The first kappa shape index (κ1) is 12.0. The van der Waals surface area contributed by atoms with Crippen molar-refractivity contribution in [1.29, 1.82) is 0 Å². The number of aromatic nitrogens is 1. The van der Waals surface area contributed by atoms with Crippen LogP contribution in [-0.2, 0) is 6.54 Å². The van der Waals surface area contributed by atoms with E-state index < -0.39 is 0 Å². The van der Waals surface area contributed by atoms with Crippen LogP contribution < -0.4 is 10.2 Å². The van der Waals surface area contributed by atoms with E-state index >= 15 is 0 Å². The Labute approximate surface area is 110 Å². The number of nitrogens with one attached hydrogen (secondary N) is 1. The van der Waals surface area contributed by atoms with Crippen LogP contribution in [0.5, 0.6) is 0 Å². The minimum absolute atomic E-state index is 0.767. The lowest BCUT2D eigenvalue weighted by Gasteiger charge is -2.32. The van der Waals surface area contributed by atoms with Crippen molar-refractivity contribution in [2.45, 2.75) is 44.7 Å². The van der Waals surface area contributed by atoms with Gasteiger partial charge in [0.1, 0.15) is 0 Å². The van der Waals surface area contributed by atoms with Crippen LogP contribution in [0.25, 0.3) is 0 Å². The number of nitrogens with zero attached hydrogens (tertiary/aromatic N) is 2. The van der Waals surface area contributed by atoms with Gasteiger partial charge in [-0.25, -0.2) is 0 Å². The van der Waals surface area contributed by atoms with Gasteiger partial charge in [0.2, 0.25) is 0 Å². The predicted octanol–water partition coefficient (Wildman–Crippen LogP) is 2.57. The number of pyridine rings is 1. The second kappa shape index (κ2) is 5.27. The lowest BCUT2D eigenvalue weighted by Crippen LogP contribution is -2.30. The summed E-state index contributed by atoms with van der Waals surface area (Å²) >= 11 is 0. The normalized spacial score (nSPS) is 19.6. The fourth-order valence-corrected chi connectivity index (χ4v) is 2.61. The first-order chi connectivity index (χ1) is 8.83. The van der Waals surface area contributed by atoms with Gasteiger partial charge in [-0.05, 0) is 43.2 Å². The van der Waals surface area contributed by atoms with Crippen LogP contribution in [0.1, 0.15) is 37.7 Å². The lowest BCUT2D eigenvalue weighted by molar-refractivity contribution is 0.321. The zero-order chi connectivity index (χ0) is 12.4. The molecule has 1 N–H and O–H groups in total. The first-order valence-corrected chi connectivity index (χ1v) is 7.20. The second-order valence-corrected chi connectivity index (χ2v) is 5.84. The van der Waals surface area contributed by atoms with Crippen molar-refractivity contribution in [2.75, 3.05) is 18.5 Å². The Kier molecular flexibility index (Phi) is 3.50. The molecule has 3 heteroatoms. The van der Waals surface area contributed by atoms with Gasteiger partial charge in [-0.15, -0.1) is 0 Å². The zero-order valence-electron chi connectivity index (χ0n) is 11.2. The summed E-state index contributed by atoms with van der Waals surface area (Å²) in [7, 11) is 2.20. The highest BCUT2D eigenvalue weighted by Gasteiger charge is 2.22. The topological polar surface area (TPSA) is 28.2 Å². The minimum Gasteiger partial charge on any atom is -0.373 e. The van der Waals surface area contributed by atoms with Crippen molar-refractivity contribution in [3.63, 3.8) is 0 Å². The van der Waals surface area contributed by atoms with E-state index in [2.05, 4.69) is 28.3 Å². The van der Waals surface area contributed by atoms with Crippen molar-refractivity contribution >= 4 is 5.69 Å². The molecule has 1 aromatic heterocycles. The molecule has 0 unspecified atom stereocenters. The molecule has 2 aliphatic rings. The largest absolute Gasteiger partial charge is 0.373 e. The molecule has 2 saturated carbocycles. The molecule has 2 fully saturated rings. The molecule has 0 radical (unpaired) electrons. The molecule has 0 saturated heterocycles. The van der Waals surface area contributed by atoms with Gasteiger partial charge in [-0.2, -0.15) is 0 Å². The number of rotatable bonds is 6. The number of hydrogen-bond donors (Lipinski definition) is 1. The highest BCUT2D eigenvalue weighted by molar-refractivity contribution is 5.51. The van der Waals surface area contributed by atoms with E-state index in [0.717, 1.165) is 18.5 Å². The molecular formula is C15H23N3. The molecule has 0 atom stereocenters. The van der Waals surface area contributed by atoms with Gasteiger partial charge in [0.25, 0.3) is 0 Å². The molecule has 3 rings (SSSR count). The lowest BCUT2D eigenvalue weighted by atomic mass is 9.85. The van der Waals surface area contributed by atoms with Crippen molar-refractivity contribution in [3.05, 3.63) is 24.0 Å². The predicted molar refractivity (Wildman–Crippen MR) is 74.7 cm³/mol. The van der Waals surface area contributed by atoms with Crippen LogP contribution in [0.2, 0.25) is 0 Å². The summed E-state index contributed by atoms with van der Waals surface area (Å²) in [4.78, 5) is 6.68. The third-order valence-corrected chi connectivity index (χ3v) is 4.21. The zero-order valence-corrected chi connectivity index (χ0v) is 11.2. The van der Waals surface area contributed by atoms with Crippen LogP contribution >= 0.6 is 0 Å². The van der Waals surface area contributed by atoms with Gasteiger partial charge in [0.05, 0.1) is 11.9 Å². The SMILES string of the molecule is CN(CC1CCC1)c1cnccc1CNC1CC1. The molecule has 1 aromatic rings. The number of hydrogen-bond acceptors (Lipinski definition) is 3. The molecule has 2 aliphatic carbocycles. The summed E-state index contributed by atoms with van der Waals surface area (Å²) in [6.45, 7) is 2.17.